The van der Waals surface area contributed by atoms with Crippen LogP contribution in [0, 0.1) is 0 Å². The van der Waals surface area contributed by atoms with Crippen molar-refractivity contribution in [1.82, 2.24) is 5.32 Å². The number of thiophene rings is 1. The van der Waals surface area contributed by atoms with Crippen LogP contribution in [0.15, 0.2) is 29.6 Å². The van der Waals surface area contributed by atoms with Crippen LogP contribution in [0.1, 0.15) is 48.4 Å². The van der Waals surface area contributed by atoms with Gasteiger partial charge in [0.1, 0.15) is 11.4 Å². The van der Waals surface area contributed by atoms with E-state index in [-0.39, 0.29) is 11.6 Å². The second kappa shape index (κ2) is 5.47. The molecule has 3 heteroatoms. The monoisotopic (exact) mass is 301 g/mol. The van der Waals surface area contributed by atoms with Crippen LogP contribution in [0.4, 0.5) is 0 Å². The van der Waals surface area contributed by atoms with Crippen LogP contribution in [-0.2, 0) is 12.8 Å². The summed E-state index contributed by atoms with van der Waals surface area (Å²) in [5.74, 6) is 1.04. The van der Waals surface area contributed by atoms with Crippen molar-refractivity contribution in [2.24, 2.45) is 0 Å². The summed E-state index contributed by atoms with van der Waals surface area (Å²) in [5, 5.41) is 5.67. The van der Waals surface area contributed by atoms with Gasteiger partial charge in [-0.3, -0.25) is 0 Å². The Morgan fingerprint density at radius 2 is 2.14 bits per heavy atom. The molecule has 2 nitrogen and oxygen atoms in total. The lowest BCUT2D eigenvalue weighted by molar-refractivity contribution is 0.138. The smallest absolute Gasteiger partial charge is 0.123 e. The molecule has 1 aliphatic heterocycles. The summed E-state index contributed by atoms with van der Waals surface area (Å²) in [7, 11) is 2.04. The highest BCUT2D eigenvalue weighted by Crippen LogP contribution is 2.38. The lowest BCUT2D eigenvalue weighted by Crippen LogP contribution is -2.24. The van der Waals surface area contributed by atoms with Crippen molar-refractivity contribution >= 4 is 11.3 Å². The van der Waals surface area contributed by atoms with Gasteiger partial charge in [0, 0.05) is 11.3 Å². The van der Waals surface area contributed by atoms with Crippen LogP contribution in [0.25, 0.3) is 0 Å². The minimum atomic E-state index is -0.0758. The number of benzene rings is 1. The zero-order valence-electron chi connectivity index (χ0n) is 13.2. The van der Waals surface area contributed by atoms with Crippen LogP contribution in [-0.4, -0.2) is 12.6 Å². The van der Waals surface area contributed by atoms with Crippen molar-refractivity contribution in [3.63, 3.8) is 0 Å². The largest absolute Gasteiger partial charge is 0.487 e. The topological polar surface area (TPSA) is 21.3 Å². The van der Waals surface area contributed by atoms with Gasteiger partial charge < -0.3 is 10.1 Å². The normalized spacial score (nSPS) is 17.3. The highest BCUT2D eigenvalue weighted by molar-refractivity contribution is 7.10. The van der Waals surface area contributed by atoms with Gasteiger partial charge in [0.15, 0.2) is 0 Å². The minimum Gasteiger partial charge on any atom is -0.487 e. The number of hydrogen-bond acceptors (Lipinski definition) is 3. The number of nitrogens with one attached hydrogen (secondary N) is 1. The van der Waals surface area contributed by atoms with Crippen LogP contribution in [0.2, 0.25) is 0 Å². The zero-order chi connectivity index (χ0) is 15.0. The molecule has 0 bridgehead atoms. The van der Waals surface area contributed by atoms with Crippen LogP contribution < -0.4 is 10.1 Å². The molecule has 1 atom stereocenters. The second-order valence-electron chi connectivity index (χ2n) is 6.29. The van der Waals surface area contributed by atoms with E-state index in [1.165, 1.54) is 21.6 Å². The third kappa shape index (κ3) is 2.72. The molecule has 1 N–H and O–H groups in total. The second-order valence-corrected chi connectivity index (χ2v) is 7.24. The molecule has 0 saturated heterocycles. The first-order valence-corrected chi connectivity index (χ1v) is 8.47. The molecule has 0 fully saturated rings. The van der Waals surface area contributed by atoms with E-state index in [2.05, 4.69) is 55.7 Å². The summed E-state index contributed by atoms with van der Waals surface area (Å²) in [6, 6.07) is 9.15. The Kier molecular flexibility index (Phi) is 3.80. The van der Waals surface area contributed by atoms with E-state index in [4.69, 9.17) is 4.74 Å². The summed E-state index contributed by atoms with van der Waals surface area (Å²) in [4.78, 5) is 1.43. The summed E-state index contributed by atoms with van der Waals surface area (Å²) >= 11 is 1.84. The van der Waals surface area contributed by atoms with Crippen molar-refractivity contribution in [2.75, 3.05) is 7.05 Å². The van der Waals surface area contributed by atoms with Gasteiger partial charge in [0.25, 0.3) is 0 Å². The number of aryl methyl sites for hydroxylation is 1. The molecule has 1 aromatic carbocycles. The summed E-state index contributed by atoms with van der Waals surface area (Å²) in [5.41, 5.74) is 4.02. The maximum absolute atomic E-state index is 5.98. The number of rotatable bonds is 4. The molecule has 0 spiro atoms. The van der Waals surface area contributed by atoms with Gasteiger partial charge in [-0.05, 0) is 61.5 Å². The Labute approximate surface area is 131 Å². The summed E-state index contributed by atoms with van der Waals surface area (Å²) in [6.45, 7) is 6.52. The molecule has 0 amide bonds. The number of hydrogen-bond donors (Lipinski definition) is 1. The predicted octanol–water partition coefficient (Wildman–Crippen LogP) is 4.33. The Hall–Kier alpha value is -1.32. The molecule has 1 aromatic heterocycles. The fourth-order valence-electron chi connectivity index (χ4n) is 3.15. The molecule has 0 aliphatic carbocycles. The highest BCUT2D eigenvalue weighted by Gasteiger charge is 2.30. The van der Waals surface area contributed by atoms with Crippen molar-refractivity contribution in [2.45, 2.75) is 45.3 Å². The van der Waals surface area contributed by atoms with Crippen LogP contribution in [0.5, 0.6) is 5.75 Å². The van der Waals surface area contributed by atoms with E-state index in [0.717, 1.165) is 18.6 Å². The van der Waals surface area contributed by atoms with E-state index in [1.807, 2.05) is 18.4 Å². The maximum Gasteiger partial charge on any atom is 0.123 e. The first-order chi connectivity index (χ1) is 10.0. The predicted molar refractivity (Wildman–Crippen MR) is 89.5 cm³/mol. The Balaban J connectivity index is 1.97. The van der Waals surface area contributed by atoms with Gasteiger partial charge >= 0.3 is 0 Å². The fourth-order valence-corrected chi connectivity index (χ4v) is 4.28. The molecule has 2 aromatic rings. The molecule has 3 rings (SSSR count). The fraction of sp³-hybridized carbons (Fsp3) is 0.444. The minimum absolute atomic E-state index is 0.0758. The molecule has 2 heterocycles. The maximum atomic E-state index is 5.98. The standard InChI is InChI=1S/C18H23NOS/c1-5-12-8-9-21-17(12)16(19-4)13-6-7-15-14(10-13)11-18(2,3)20-15/h6-10,16,19H,5,11H2,1-4H3. The van der Waals surface area contributed by atoms with Crippen molar-refractivity contribution in [3.8, 4) is 5.75 Å². The summed E-state index contributed by atoms with van der Waals surface area (Å²) in [6.07, 6.45) is 2.07. The molecule has 112 valence electrons. The van der Waals surface area contributed by atoms with Gasteiger partial charge in [-0.1, -0.05) is 19.1 Å². The van der Waals surface area contributed by atoms with Crippen LogP contribution in [0.3, 0.4) is 0 Å². The van der Waals surface area contributed by atoms with Crippen molar-refractivity contribution < 1.29 is 4.74 Å². The molecule has 1 unspecified atom stereocenters. The Morgan fingerprint density at radius 3 is 2.86 bits per heavy atom. The third-order valence-electron chi connectivity index (χ3n) is 4.13. The highest BCUT2D eigenvalue weighted by atomic mass is 32.1. The van der Waals surface area contributed by atoms with E-state index >= 15 is 0 Å². The number of ether oxygens (including phenoxy) is 1. The van der Waals surface area contributed by atoms with Gasteiger partial charge in [0.2, 0.25) is 0 Å². The average Bonchev–Trinajstić information content (AvgIpc) is 3.01. The molecule has 0 radical (unpaired) electrons. The quantitative estimate of drug-likeness (QED) is 0.907. The van der Waals surface area contributed by atoms with Crippen molar-refractivity contribution in [1.29, 1.82) is 0 Å². The van der Waals surface area contributed by atoms with E-state index < -0.39 is 0 Å². The number of fused-ring (bicyclic) bond motifs is 1. The van der Waals surface area contributed by atoms with Gasteiger partial charge in [0.05, 0.1) is 6.04 Å². The van der Waals surface area contributed by atoms with Gasteiger partial charge in [-0.25, -0.2) is 0 Å². The lowest BCUT2D eigenvalue weighted by Gasteiger charge is -2.18. The first-order valence-electron chi connectivity index (χ1n) is 7.59. The van der Waals surface area contributed by atoms with E-state index in [0.29, 0.717) is 0 Å². The van der Waals surface area contributed by atoms with E-state index in [9.17, 15) is 0 Å². The van der Waals surface area contributed by atoms with Gasteiger partial charge in [-0.2, -0.15) is 0 Å². The lowest BCUT2D eigenvalue weighted by atomic mass is 9.96. The SMILES string of the molecule is CCc1ccsc1C(NC)c1ccc2c(c1)CC(C)(C)O2. The molecular formula is C18H23NOS. The molecule has 1 aliphatic rings. The van der Waals surface area contributed by atoms with E-state index in [1.54, 1.807) is 0 Å². The third-order valence-corrected chi connectivity index (χ3v) is 5.16. The average molecular weight is 301 g/mol. The van der Waals surface area contributed by atoms with Gasteiger partial charge in [-0.15, -0.1) is 11.3 Å². The molecule has 21 heavy (non-hydrogen) atoms. The molecular weight excluding hydrogens is 278 g/mol. The first kappa shape index (κ1) is 14.6. The van der Waals surface area contributed by atoms with Crippen LogP contribution >= 0.6 is 11.3 Å². The Morgan fingerprint density at radius 1 is 1.33 bits per heavy atom. The van der Waals surface area contributed by atoms with Crippen molar-refractivity contribution in [3.05, 3.63) is 51.2 Å². The summed E-state index contributed by atoms with van der Waals surface area (Å²) < 4.78 is 5.98. The Bertz CT molecular complexity index is 644. The zero-order valence-corrected chi connectivity index (χ0v) is 14.0. The molecule has 0 saturated carbocycles.